The van der Waals surface area contributed by atoms with Gasteiger partial charge in [0, 0.05) is 5.39 Å². The van der Waals surface area contributed by atoms with Crippen LogP contribution in [-0.4, -0.2) is 0 Å². The fraction of sp³-hybridized carbons (Fsp3) is 0.385. The van der Waals surface area contributed by atoms with Crippen molar-refractivity contribution in [2.75, 3.05) is 0 Å². The van der Waals surface area contributed by atoms with Crippen LogP contribution in [0.1, 0.15) is 25.1 Å². The van der Waals surface area contributed by atoms with Crippen LogP contribution in [0.2, 0.25) is 0 Å². The zero-order valence-electron chi connectivity index (χ0n) is 9.31. The minimum absolute atomic E-state index is 0.155. The quantitative estimate of drug-likeness (QED) is 0.612. The van der Waals surface area contributed by atoms with Gasteiger partial charge in [-0.05, 0) is 30.4 Å². The van der Waals surface area contributed by atoms with Gasteiger partial charge in [0.1, 0.15) is 11.3 Å². The number of hydrazine groups is 1. The monoisotopic (exact) mass is 216 g/mol. The molecule has 1 aromatic heterocycles. The molecule has 3 N–H and O–H groups in total. The van der Waals surface area contributed by atoms with Crippen LogP contribution >= 0.6 is 0 Å². The van der Waals surface area contributed by atoms with Crippen LogP contribution in [0.4, 0.5) is 0 Å². The van der Waals surface area contributed by atoms with E-state index in [-0.39, 0.29) is 6.04 Å². The van der Waals surface area contributed by atoms with E-state index in [1.165, 1.54) is 6.42 Å². The van der Waals surface area contributed by atoms with E-state index in [0.29, 0.717) is 5.92 Å². The molecular formula is C13H16N2O. The fourth-order valence-corrected chi connectivity index (χ4v) is 2.39. The highest BCUT2D eigenvalue weighted by atomic mass is 16.3. The first-order valence-corrected chi connectivity index (χ1v) is 5.74. The summed E-state index contributed by atoms with van der Waals surface area (Å²) in [5, 5.41) is 1.14. The van der Waals surface area contributed by atoms with Crippen LogP contribution in [0.25, 0.3) is 11.0 Å². The van der Waals surface area contributed by atoms with Gasteiger partial charge in [-0.1, -0.05) is 25.1 Å². The van der Waals surface area contributed by atoms with E-state index in [4.69, 9.17) is 10.3 Å². The lowest BCUT2D eigenvalue weighted by Gasteiger charge is -2.11. The smallest absolute Gasteiger partial charge is 0.134 e. The van der Waals surface area contributed by atoms with E-state index < -0.39 is 0 Å². The van der Waals surface area contributed by atoms with Gasteiger partial charge in [-0.25, -0.2) is 5.43 Å². The Morgan fingerprint density at radius 1 is 1.44 bits per heavy atom. The average molecular weight is 216 g/mol. The highest BCUT2D eigenvalue weighted by molar-refractivity contribution is 5.77. The second-order valence-electron chi connectivity index (χ2n) is 4.71. The van der Waals surface area contributed by atoms with Crippen molar-refractivity contribution in [2.45, 2.75) is 19.4 Å². The Labute approximate surface area is 94.6 Å². The molecule has 1 fully saturated rings. The molecule has 84 valence electrons. The number of furan rings is 1. The summed E-state index contributed by atoms with van der Waals surface area (Å²) in [7, 11) is 0. The number of fused-ring (bicyclic) bond motifs is 1. The maximum absolute atomic E-state index is 5.83. The molecule has 1 aliphatic carbocycles. The van der Waals surface area contributed by atoms with Crippen molar-refractivity contribution < 1.29 is 4.42 Å². The first-order valence-electron chi connectivity index (χ1n) is 5.74. The summed E-state index contributed by atoms with van der Waals surface area (Å²) in [5.41, 5.74) is 3.81. The van der Waals surface area contributed by atoms with Crippen LogP contribution < -0.4 is 11.3 Å². The lowest BCUT2D eigenvalue weighted by Crippen LogP contribution is -2.29. The number of nitrogens with two attached hydrogens (primary N) is 1. The molecule has 16 heavy (non-hydrogen) atoms. The molecule has 0 aliphatic heterocycles. The maximum atomic E-state index is 5.83. The number of hydrogen-bond acceptors (Lipinski definition) is 3. The fourth-order valence-electron chi connectivity index (χ4n) is 2.39. The summed E-state index contributed by atoms with van der Waals surface area (Å²) in [4.78, 5) is 0. The van der Waals surface area contributed by atoms with Gasteiger partial charge >= 0.3 is 0 Å². The van der Waals surface area contributed by atoms with E-state index >= 15 is 0 Å². The third-order valence-electron chi connectivity index (χ3n) is 3.53. The molecule has 0 bridgehead atoms. The maximum Gasteiger partial charge on any atom is 0.134 e. The Morgan fingerprint density at radius 3 is 2.81 bits per heavy atom. The summed E-state index contributed by atoms with van der Waals surface area (Å²) >= 11 is 0. The van der Waals surface area contributed by atoms with Gasteiger partial charge in [0.2, 0.25) is 0 Å². The molecule has 3 rings (SSSR count). The first kappa shape index (κ1) is 9.87. The Morgan fingerprint density at radius 2 is 2.19 bits per heavy atom. The van der Waals surface area contributed by atoms with Crippen molar-refractivity contribution in [3.8, 4) is 0 Å². The molecule has 3 nitrogen and oxygen atoms in total. The zero-order valence-corrected chi connectivity index (χ0v) is 9.31. The van der Waals surface area contributed by atoms with Crippen LogP contribution in [-0.2, 0) is 0 Å². The van der Waals surface area contributed by atoms with Gasteiger partial charge in [-0.2, -0.15) is 0 Å². The standard InChI is InChI=1S/C13H16N2O/c1-8-6-10(8)13(15-14)12-7-9-4-2-3-5-11(9)16-12/h2-5,7-8,10,13,15H,6,14H2,1H3. The molecule has 3 atom stereocenters. The van der Waals surface area contributed by atoms with Gasteiger partial charge in [0.05, 0.1) is 6.04 Å². The highest BCUT2D eigenvalue weighted by Gasteiger charge is 2.41. The molecule has 0 saturated heterocycles. The van der Waals surface area contributed by atoms with Crippen molar-refractivity contribution in [1.82, 2.24) is 5.43 Å². The molecule has 1 aromatic carbocycles. The molecular weight excluding hydrogens is 200 g/mol. The van der Waals surface area contributed by atoms with Crippen LogP contribution in [0.5, 0.6) is 0 Å². The Balaban J connectivity index is 1.97. The van der Waals surface area contributed by atoms with Crippen molar-refractivity contribution in [1.29, 1.82) is 0 Å². The topological polar surface area (TPSA) is 51.2 Å². The number of nitrogens with one attached hydrogen (secondary N) is 1. The predicted molar refractivity (Wildman–Crippen MR) is 63.5 cm³/mol. The predicted octanol–water partition coefficient (Wildman–Crippen LogP) is 2.59. The molecule has 0 spiro atoms. The van der Waals surface area contributed by atoms with Crippen molar-refractivity contribution in [3.05, 3.63) is 36.1 Å². The number of para-hydroxylation sites is 1. The van der Waals surface area contributed by atoms with Crippen LogP contribution in [0.15, 0.2) is 34.7 Å². The molecule has 1 aliphatic rings. The van der Waals surface area contributed by atoms with Gasteiger partial charge < -0.3 is 4.42 Å². The number of benzene rings is 1. The summed E-state index contributed by atoms with van der Waals surface area (Å²) in [6.45, 7) is 2.25. The van der Waals surface area contributed by atoms with E-state index in [1.807, 2.05) is 18.2 Å². The normalized spacial score (nSPS) is 25.9. The van der Waals surface area contributed by atoms with Crippen LogP contribution in [0.3, 0.4) is 0 Å². The Bertz CT molecular complexity index is 472. The van der Waals surface area contributed by atoms with E-state index in [9.17, 15) is 0 Å². The van der Waals surface area contributed by atoms with Gasteiger partial charge in [0.15, 0.2) is 0 Å². The first-order chi connectivity index (χ1) is 7.79. The molecule has 0 radical (unpaired) electrons. The summed E-state index contributed by atoms with van der Waals surface area (Å²) < 4.78 is 5.83. The highest BCUT2D eigenvalue weighted by Crippen LogP contribution is 2.47. The van der Waals surface area contributed by atoms with Crippen molar-refractivity contribution in [3.63, 3.8) is 0 Å². The second kappa shape index (κ2) is 3.61. The molecule has 2 aromatic rings. The SMILES string of the molecule is CC1CC1C(NN)c1cc2ccccc2o1. The number of rotatable bonds is 3. The van der Waals surface area contributed by atoms with Gasteiger partial charge in [0.25, 0.3) is 0 Å². The zero-order chi connectivity index (χ0) is 11.1. The molecule has 3 unspecified atom stereocenters. The molecule has 1 heterocycles. The van der Waals surface area contributed by atoms with E-state index in [2.05, 4.69) is 24.5 Å². The minimum atomic E-state index is 0.155. The van der Waals surface area contributed by atoms with Crippen molar-refractivity contribution in [2.24, 2.45) is 17.7 Å². The molecule has 0 amide bonds. The summed E-state index contributed by atoms with van der Waals surface area (Å²) in [6, 6.07) is 10.3. The Hall–Kier alpha value is -1.32. The third-order valence-corrected chi connectivity index (χ3v) is 3.53. The molecule has 1 saturated carbocycles. The lowest BCUT2D eigenvalue weighted by molar-refractivity contribution is 0.391. The van der Waals surface area contributed by atoms with Gasteiger partial charge in [-0.3, -0.25) is 5.84 Å². The van der Waals surface area contributed by atoms with E-state index in [1.54, 1.807) is 0 Å². The number of hydrogen-bond donors (Lipinski definition) is 2. The lowest BCUT2D eigenvalue weighted by atomic mass is 10.1. The second-order valence-corrected chi connectivity index (χ2v) is 4.71. The summed E-state index contributed by atoms with van der Waals surface area (Å²) in [5.74, 6) is 7.94. The van der Waals surface area contributed by atoms with Gasteiger partial charge in [-0.15, -0.1) is 0 Å². The van der Waals surface area contributed by atoms with Crippen LogP contribution in [0, 0.1) is 11.8 Å². The van der Waals surface area contributed by atoms with E-state index in [0.717, 1.165) is 22.6 Å². The Kier molecular flexibility index (Phi) is 2.23. The average Bonchev–Trinajstić information content (AvgIpc) is 2.86. The largest absolute Gasteiger partial charge is 0.459 e. The third kappa shape index (κ3) is 1.52. The summed E-state index contributed by atoms with van der Waals surface area (Å²) in [6.07, 6.45) is 1.23. The minimum Gasteiger partial charge on any atom is -0.459 e. The van der Waals surface area contributed by atoms with Crippen molar-refractivity contribution >= 4 is 11.0 Å². The molecule has 3 heteroatoms.